The van der Waals surface area contributed by atoms with Gasteiger partial charge in [0.15, 0.2) is 10.3 Å². The average molecular weight is 444 g/mol. The van der Waals surface area contributed by atoms with Crippen molar-refractivity contribution in [1.29, 1.82) is 0 Å². The Bertz CT molecular complexity index is 846. The quantitative estimate of drug-likeness (QED) is 0.598. The number of likely N-dealkylation sites (N-methyl/N-ethyl adjacent to an activating group) is 1. The van der Waals surface area contributed by atoms with Gasteiger partial charge in [-0.05, 0) is 58.0 Å². The summed E-state index contributed by atoms with van der Waals surface area (Å²) in [5.74, 6) is 0.528. The van der Waals surface area contributed by atoms with Gasteiger partial charge in [-0.1, -0.05) is 23.4 Å². The molecule has 8 heteroatoms. The SMILES string of the molecule is CN=C1S/C(=C\c2cc(Br)c(Sc3ccc(Cl)cc3)o2)C(=O)N1C. The van der Waals surface area contributed by atoms with E-state index in [2.05, 4.69) is 20.9 Å². The predicted molar refractivity (Wildman–Crippen MR) is 104 cm³/mol. The first-order chi connectivity index (χ1) is 11.5. The zero-order chi connectivity index (χ0) is 17.3. The molecule has 0 aliphatic carbocycles. The highest BCUT2D eigenvalue weighted by atomic mass is 79.9. The van der Waals surface area contributed by atoms with E-state index in [4.69, 9.17) is 16.0 Å². The van der Waals surface area contributed by atoms with Crippen molar-refractivity contribution in [3.05, 3.63) is 50.5 Å². The van der Waals surface area contributed by atoms with E-state index in [1.165, 1.54) is 28.4 Å². The molecule has 0 unspecified atom stereocenters. The number of aliphatic imine (C=N–C) groups is 1. The summed E-state index contributed by atoms with van der Waals surface area (Å²) in [7, 11) is 3.37. The molecule has 0 radical (unpaired) electrons. The van der Waals surface area contributed by atoms with Crippen LogP contribution < -0.4 is 0 Å². The van der Waals surface area contributed by atoms with Crippen LogP contribution in [0.3, 0.4) is 0 Å². The number of benzene rings is 1. The number of hydrogen-bond donors (Lipinski definition) is 0. The van der Waals surface area contributed by atoms with Crippen molar-refractivity contribution < 1.29 is 9.21 Å². The smallest absolute Gasteiger partial charge is 0.266 e. The van der Waals surface area contributed by atoms with Gasteiger partial charge in [0, 0.05) is 30.1 Å². The molecule has 2 aromatic rings. The Kier molecular flexibility index (Phi) is 5.44. The molecule has 1 amide bonds. The largest absolute Gasteiger partial charge is 0.449 e. The van der Waals surface area contributed by atoms with Crippen molar-refractivity contribution >= 4 is 68.2 Å². The topological polar surface area (TPSA) is 45.8 Å². The average Bonchev–Trinajstić information content (AvgIpc) is 3.04. The number of amidine groups is 1. The van der Waals surface area contributed by atoms with Crippen molar-refractivity contribution in [2.45, 2.75) is 9.99 Å². The molecular weight excluding hydrogens is 432 g/mol. The lowest BCUT2D eigenvalue weighted by molar-refractivity contribution is -0.121. The van der Waals surface area contributed by atoms with Gasteiger partial charge in [0.2, 0.25) is 0 Å². The summed E-state index contributed by atoms with van der Waals surface area (Å²) < 4.78 is 6.68. The first-order valence-electron chi connectivity index (χ1n) is 6.85. The number of nitrogens with zero attached hydrogens (tertiary/aromatic N) is 2. The van der Waals surface area contributed by atoms with Gasteiger partial charge in [-0.25, -0.2) is 0 Å². The molecule has 1 aromatic heterocycles. The summed E-state index contributed by atoms with van der Waals surface area (Å²) in [6.07, 6.45) is 1.73. The van der Waals surface area contributed by atoms with E-state index < -0.39 is 0 Å². The van der Waals surface area contributed by atoms with Crippen LogP contribution in [0.4, 0.5) is 0 Å². The highest BCUT2D eigenvalue weighted by molar-refractivity contribution is 9.10. The van der Waals surface area contributed by atoms with Crippen LogP contribution in [0, 0.1) is 0 Å². The number of furan rings is 1. The van der Waals surface area contributed by atoms with E-state index in [-0.39, 0.29) is 5.91 Å². The highest BCUT2D eigenvalue weighted by Gasteiger charge is 2.30. The lowest BCUT2D eigenvalue weighted by Gasteiger charge is -2.04. The number of thioether (sulfide) groups is 1. The van der Waals surface area contributed by atoms with Crippen LogP contribution in [0.25, 0.3) is 6.08 Å². The Morgan fingerprint density at radius 2 is 2.08 bits per heavy atom. The van der Waals surface area contributed by atoms with Crippen LogP contribution in [0.2, 0.25) is 5.02 Å². The van der Waals surface area contributed by atoms with Gasteiger partial charge >= 0.3 is 0 Å². The van der Waals surface area contributed by atoms with Gasteiger partial charge < -0.3 is 4.42 Å². The standard InChI is InChI=1S/C16H12BrClN2O2S2/c1-19-16-20(2)14(21)13(24-16)8-10-7-12(17)15(22-10)23-11-5-3-9(18)4-6-11/h3-8H,1-2H3/b13-8-,19-16?. The van der Waals surface area contributed by atoms with Gasteiger partial charge in [-0.2, -0.15) is 0 Å². The molecule has 3 rings (SSSR count). The monoisotopic (exact) mass is 442 g/mol. The molecule has 1 fully saturated rings. The maximum absolute atomic E-state index is 12.2. The van der Waals surface area contributed by atoms with Crippen molar-refractivity contribution in [3.8, 4) is 0 Å². The second-order valence-electron chi connectivity index (χ2n) is 4.82. The Hall–Kier alpha value is -1.15. The van der Waals surface area contributed by atoms with Crippen molar-refractivity contribution in [3.63, 3.8) is 0 Å². The summed E-state index contributed by atoms with van der Waals surface area (Å²) in [4.78, 5) is 19.4. The minimum absolute atomic E-state index is 0.0833. The Morgan fingerprint density at radius 3 is 2.71 bits per heavy atom. The molecule has 1 saturated heterocycles. The van der Waals surface area contributed by atoms with E-state index in [0.717, 1.165) is 14.5 Å². The minimum Gasteiger partial charge on any atom is -0.449 e. The molecule has 4 nitrogen and oxygen atoms in total. The highest BCUT2D eigenvalue weighted by Crippen LogP contribution is 2.38. The molecular formula is C16H12BrClN2O2S2. The Balaban J connectivity index is 1.83. The van der Waals surface area contributed by atoms with Crippen LogP contribution in [-0.4, -0.2) is 30.1 Å². The molecule has 24 heavy (non-hydrogen) atoms. The molecule has 1 aliphatic heterocycles. The Labute approximate surface area is 161 Å². The molecule has 2 heterocycles. The van der Waals surface area contributed by atoms with Crippen LogP contribution in [0.1, 0.15) is 5.76 Å². The van der Waals surface area contributed by atoms with Gasteiger partial charge in [0.05, 0.1) is 9.38 Å². The summed E-state index contributed by atoms with van der Waals surface area (Å²) in [6, 6.07) is 9.36. The lowest BCUT2D eigenvalue weighted by Crippen LogP contribution is -2.23. The molecule has 1 aliphatic rings. The fourth-order valence-electron chi connectivity index (χ4n) is 2.00. The van der Waals surface area contributed by atoms with Crippen molar-refractivity contribution in [2.24, 2.45) is 4.99 Å². The first-order valence-corrected chi connectivity index (χ1v) is 9.65. The molecule has 124 valence electrons. The van der Waals surface area contributed by atoms with Crippen molar-refractivity contribution in [1.82, 2.24) is 4.90 Å². The van der Waals surface area contributed by atoms with Crippen molar-refractivity contribution in [2.75, 3.05) is 14.1 Å². The van der Waals surface area contributed by atoms with E-state index in [9.17, 15) is 4.79 Å². The zero-order valence-corrected chi connectivity index (χ0v) is 16.7. The second-order valence-corrected chi connectivity index (χ2v) is 8.17. The third-order valence-corrected chi connectivity index (χ3v) is 6.42. The summed E-state index contributed by atoms with van der Waals surface area (Å²) in [6.45, 7) is 0. The van der Waals surface area contributed by atoms with Crippen LogP contribution in [-0.2, 0) is 4.79 Å². The second kappa shape index (κ2) is 7.39. The maximum Gasteiger partial charge on any atom is 0.266 e. The summed E-state index contributed by atoms with van der Waals surface area (Å²) in [5, 5.41) is 2.09. The number of carbonyl (C=O) groups is 1. The molecule has 0 N–H and O–H groups in total. The molecule has 1 aromatic carbocycles. The molecule has 0 spiro atoms. The van der Waals surface area contributed by atoms with Gasteiger partial charge in [-0.3, -0.25) is 14.7 Å². The lowest BCUT2D eigenvalue weighted by atomic mass is 10.4. The number of carbonyl (C=O) groups excluding carboxylic acids is 1. The predicted octanol–water partition coefficient (Wildman–Crippen LogP) is 5.38. The first kappa shape index (κ1) is 17.7. The normalized spacial score (nSPS) is 18.2. The third kappa shape index (κ3) is 3.74. The number of halogens is 2. The zero-order valence-electron chi connectivity index (χ0n) is 12.7. The van der Waals surface area contributed by atoms with Gasteiger partial charge in [-0.15, -0.1) is 0 Å². The minimum atomic E-state index is -0.0833. The van der Waals surface area contributed by atoms with E-state index in [1.807, 2.05) is 30.3 Å². The van der Waals surface area contributed by atoms with E-state index in [0.29, 0.717) is 20.9 Å². The molecule has 0 bridgehead atoms. The third-order valence-electron chi connectivity index (χ3n) is 3.17. The van der Waals surface area contributed by atoms with E-state index >= 15 is 0 Å². The maximum atomic E-state index is 12.2. The van der Waals surface area contributed by atoms with Crippen LogP contribution in [0.5, 0.6) is 0 Å². The molecule has 0 saturated carbocycles. The number of amides is 1. The van der Waals surface area contributed by atoms with Crippen LogP contribution >= 0.6 is 51.1 Å². The Morgan fingerprint density at radius 1 is 1.38 bits per heavy atom. The van der Waals surface area contributed by atoms with Gasteiger partial charge in [0.1, 0.15) is 5.76 Å². The fourth-order valence-corrected chi connectivity index (χ4v) is 4.36. The summed E-state index contributed by atoms with van der Waals surface area (Å²) in [5.41, 5.74) is 0. The summed E-state index contributed by atoms with van der Waals surface area (Å²) >= 11 is 12.2. The molecule has 0 atom stereocenters. The van der Waals surface area contributed by atoms with Crippen LogP contribution in [0.15, 0.2) is 59.1 Å². The number of rotatable bonds is 3. The fraction of sp³-hybridized carbons (Fsp3) is 0.125. The van der Waals surface area contributed by atoms with Gasteiger partial charge in [0.25, 0.3) is 5.91 Å². The van der Waals surface area contributed by atoms with E-state index in [1.54, 1.807) is 20.2 Å². The number of hydrogen-bond acceptors (Lipinski definition) is 5.